The van der Waals surface area contributed by atoms with Crippen LogP contribution >= 0.6 is 15.9 Å². The molecule has 0 bridgehead atoms. The highest BCUT2D eigenvalue weighted by Gasteiger charge is 2.33. The number of carbonyl (C=O) groups excluding carboxylic acids is 2. The van der Waals surface area contributed by atoms with Crippen molar-refractivity contribution in [2.75, 3.05) is 24.5 Å². The predicted molar refractivity (Wildman–Crippen MR) is 166 cm³/mol. The first-order chi connectivity index (χ1) is 19.5. The van der Waals surface area contributed by atoms with Crippen LogP contribution in [0, 0.1) is 13.8 Å². The minimum atomic E-state index is -4.19. The van der Waals surface area contributed by atoms with Gasteiger partial charge in [0.25, 0.3) is 10.0 Å². The van der Waals surface area contributed by atoms with Crippen molar-refractivity contribution in [2.45, 2.75) is 58.0 Å². The fourth-order valence-electron chi connectivity index (χ4n) is 4.35. The van der Waals surface area contributed by atoms with Gasteiger partial charge in [0.05, 0.1) is 22.2 Å². The summed E-state index contributed by atoms with van der Waals surface area (Å²) < 4.78 is 34.9. The van der Waals surface area contributed by atoms with E-state index in [1.165, 1.54) is 24.1 Å². The third-order valence-corrected chi connectivity index (χ3v) is 9.11. The van der Waals surface area contributed by atoms with Crippen molar-refractivity contribution in [3.05, 3.63) is 87.9 Å². The van der Waals surface area contributed by atoms with Crippen LogP contribution in [0.3, 0.4) is 0 Å². The highest BCUT2D eigenvalue weighted by molar-refractivity contribution is 9.10. The number of carbonyl (C=O) groups is 2. The van der Waals surface area contributed by atoms with Gasteiger partial charge < -0.3 is 15.0 Å². The van der Waals surface area contributed by atoms with E-state index in [1.54, 1.807) is 30.3 Å². The zero-order valence-electron chi connectivity index (χ0n) is 24.2. The van der Waals surface area contributed by atoms with Crippen LogP contribution in [-0.4, -0.2) is 51.4 Å². The van der Waals surface area contributed by atoms with Crippen LogP contribution in [-0.2, 0) is 26.2 Å². The van der Waals surface area contributed by atoms with E-state index < -0.39 is 28.5 Å². The lowest BCUT2D eigenvalue weighted by Crippen LogP contribution is -2.52. The first-order valence-electron chi connectivity index (χ1n) is 13.6. The van der Waals surface area contributed by atoms with E-state index in [1.807, 2.05) is 52.0 Å². The van der Waals surface area contributed by atoms with Crippen LogP contribution in [0.2, 0.25) is 0 Å². The van der Waals surface area contributed by atoms with Gasteiger partial charge in [-0.1, -0.05) is 61.4 Å². The number of halogens is 1. The molecule has 3 aromatic rings. The molecule has 3 rings (SSSR count). The topological polar surface area (TPSA) is 96.0 Å². The van der Waals surface area contributed by atoms with Crippen molar-refractivity contribution in [3.63, 3.8) is 0 Å². The average Bonchev–Trinajstić information content (AvgIpc) is 2.96. The highest BCUT2D eigenvalue weighted by Crippen LogP contribution is 2.31. The van der Waals surface area contributed by atoms with Gasteiger partial charge in [-0.15, -0.1) is 0 Å². The van der Waals surface area contributed by atoms with E-state index in [2.05, 4.69) is 21.2 Å². The molecule has 0 aliphatic heterocycles. The molecule has 0 aromatic heterocycles. The third kappa shape index (κ3) is 8.10. The summed E-state index contributed by atoms with van der Waals surface area (Å²) in [5.74, 6) is -0.269. The molecule has 1 atom stereocenters. The molecule has 2 amide bonds. The molecule has 1 N–H and O–H groups in total. The third-order valence-electron chi connectivity index (χ3n) is 6.72. The fourth-order valence-corrected chi connectivity index (χ4v) is 6.48. The molecule has 0 heterocycles. The van der Waals surface area contributed by atoms with E-state index in [0.717, 1.165) is 27.4 Å². The zero-order chi connectivity index (χ0) is 30.2. The number of hydrogen-bond donors (Lipinski definition) is 1. The van der Waals surface area contributed by atoms with E-state index in [9.17, 15) is 18.0 Å². The number of ether oxygens (including phenoxy) is 1. The van der Waals surface area contributed by atoms with Crippen molar-refractivity contribution in [2.24, 2.45) is 0 Å². The molecular formula is C31H38BrN3O5S. The summed E-state index contributed by atoms with van der Waals surface area (Å²) in [6.07, 6.45) is 1.13. The maximum absolute atomic E-state index is 14.1. The molecule has 3 aromatic carbocycles. The van der Waals surface area contributed by atoms with Crippen LogP contribution in [0.5, 0.6) is 5.75 Å². The second kappa shape index (κ2) is 14.5. The van der Waals surface area contributed by atoms with Crippen molar-refractivity contribution in [1.82, 2.24) is 10.2 Å². The summed E-state index contributed by atoms with van der Waals surface area (Å²) in [6.45, 7) is 7.83. The summed E-state index contributed by atoms with van der Waals surface area (Å²) in [4.78, 5) is 28.8. The number of amides is 2. The van der Waals surface area contributed by atoms with E-state index in [-0.39, 0.29) is 17.3 Å². The molecule has 0 aliphatic carbocycles. The molecule has 0 unspecified atom stereocenters. The maximum atomic E-state index is 14.1. The van der Waals surface area contributed by atoms with Crippen molar-refractivity contribution >= 4 is 43.5 Å². The Bertz CT molecular complexity index is 1440. The largest absolute Gasteiger partial charge is 0.496 e. The fraction of sp³-hybridized carbons (Fsp3) is 0.355. The lowest BCUT2D eigenvalue weighted by Gasteiger charge is -2.33. The molecule has 0 spiro atoms. The first kappa shape index (κ1) is 32.1. The molecule has 0 aliphatic rings. The van der Waals surface area contributed by atoms with Crippen molar-refractivity contribution in [1.29, 1.82) is 0 Å². The first-order valence-corrected chi connectivity index (χ1v) is 15.8. The summed E-state index contributed by atoms with van der Waals surface area (Å²) in [6, 6.07) is 18.3. The summed E-state index contributed by atoms with van der Waals surface area (Å²) in [7, 11) is -2.69. The Morgan fingerprint density at radius 3 is 2.10 bits per heavy atom. The number of methoxy groups -OCH3 is 1. The molecule has 0 saturated heterocycles. The number of sulfonamides is 1. The standard InChI is InChI=1S/C31H38BrN3O5S/c1-6-18-33-31(37)28(7-2)34(20-24-12-8-22(3)9-13-24)30(36)21-35(25-14-10-23(4)11-15-25)41(38,39)26-16-17-29(40-5)27(32)19-26/h8-17,19,28H,6-7,18,20-21H2,1-5H3,(H,33,37)/t28-/m1/s1. The van der Waals surface area contributed by atoms with Gasteiger partial charge in [-0.3, -0.25) is 13.9 Å². The Labute approximate surface area is 251 Å². The molecular weight excluding hydrogens is 606 g/mol. The predicted octanol–water partition coefficient (Wildman–Crippen LogP) is 5.60. The Hall–Kier alpha value is -3.37. The monoisotopic (exact) mass is 643 g/mol. The number of hydrogen-bond acceptors (Lipinski definition) is 5. The smallest absolute Gasteiger partial charge is 0.264 e. The average molecular weight is 645 g/mol. The Morgan fingerprint density at radius 1 is 0.951 bits per heavy atom. The van der Waals surface area contributed by atoms with Crippen LogP contribution in [0.25, 0.3) is 0 Å². The van der Waals surface area contributed by atoms with Gasteiger partial charge >= 0.3 is 0 Å². The Kier molecular flexibility index (Phi) is 11.4. The van der Waals surface area contributed by atoms with Gasteiger partial charge in [-0.2, -0.15) is 0 Å². The normalized spacial score (nSPS) is 12.0. The van der Waals surface area contributed by atoms with Gasteiger partial charge in [0.1, 0.15) is 18.3 Å². The van der Waals surface area contributed by atoms with Crippen molar-refractivity contribution in [3.8, 4) is 5.75 Å². The quantitative estimate of drug-likeness (QED) is 0.261. The van der Waals surface area contributed by atoms with Crippen LogP contribution in [0.4, 0.5) is 5.69 Å². The number of benzene rings is 3. The van der Waals surface area contributed by atoms with Gasteiger partial charge in [-0.05, 0) is 78.5 Å². The number of anilines is 1. The van der Waals surface area contributed by atoms with Gasteiger partial charge in [-0.25, -0.2) is 8.42 Å². The zero-order valence-corrected chi connectivity index (χ0v) is 26.6. The summed E-state index contributed by atoms with van der Waals surface area (Å²) >= 11 is 3.37. The Balaban J connectivity index is 2.06. The van der Waals surface area contributed by atoms with E-state index in [4.69, 9.17) is 4.74 Å². The minimum Gasteiger partial charge on any atom is -0.496 e. The Morgan fingerprint density at radius 2 is 1.56 bits per heavy atom. The second-order valence-corrected chi connectivity index (χ2v) is 12.6. The second-order valence-electron chi connectivity index (χ2n) is 9.87. The van der Waals surface area contributed by atoms with Crippen LogP contribution < -0.4 is 14.4 Å². The van der Waals surface area contributed by atoms with Gasteiger partial charge in [0, 0.05) is 13.1 Å². The molecule has 0 radical (unpaired) electrons. The van der Waals surface area contributed by atoms with Crippen LogP contribution in [0.1, 0.15) is 43.4 Å². The lowest BCUT2D eigenvalue weighted by molar-refractivity contribution is -0.140. The van der Waals surface area contributed by atoms with E-state index >= 15 is 0 Å². The molecule has 0 fully saturated rings. The summed E-state index contributed by atoms with van der Waals surface area (Å²) in [5.41, 5.74) is 3.20. The van der Waals surface area contributed by atoms with E-state index in [0.29, 0.717) is 28.9 Å². The summed E-state index contributed by atoms with van der Waals surface area (Å²) in [5, 5.41) is 2.90. The molecule has 10 heteroatoms. The number of nitrogens with one attached hydrogen (secondary N) is 1. The maximum Gasteiger partial charge on any atom is 0.264 e. The van der Waals surface area contributed by atoms with Gasteiger partial charge in [0.15, 0.2) is 0 Å². The number of aryl methyl sites for hydroxylation is 2. The number of rotatable bonds is 13. The molecule has 0 saturated carbocycles. The SMILES string of the molecule is CCCNC(=O)[C@@H](CC)N(Cc1ccc(C)cc1)C(=O)CN(c1ccc(C)cc1)S(=O)(=O)c1ccc(OC)c(Br)c1. The highest BCUT2D eigenvalue weighted by atomic mass is 79.9. The van der Waals surface area contributed by atoms with Crippen molar-refractivity contribution < 1.29 is 22.7 Å². The van der Waals surface area contributed by atoms with Crippen LogP contribution in [0.15, 0.2) is 76.1 Å². The number of nitrogens with zero attached hydrogens (tertiary/aromatic N) is 2. The molecule has 220 valence electrons. The molecule has 41 heavy (non-hydrogen) atoms. The van der Waals surface area contributed by atoms with Gasteiger partial charge in [0.2, 0.25) is 11.8 Å². The lowest BCUT2D eigenvalue weighted by atomic mass is 10.1. The molecule has 8 nitrogen and oxygen atoms in total. The minimum absolute atomic E-state index is 0.00337.